The largest absolute Gasteiger partial charge is 0.420 e. The molecule has 1 N–H and O–H groups in total. The number of allylic oxidation sites excluding steroid dienone is 1. The molecule has 2 aromatic rings. The Morgan fingerprint density at radius 2 is 2.00 bits per heavy atom. The summed E-state index contributed by atoms with van der Waals surface area (Å²) in [5.74, 6) is -0.223. The Labute approximate surface area is 154 Å². The zero-order valence-electron chi connectivity index (χ0n) is 14.2. The molecule has 1 aromatic carbocycles. The molecular weight excluding hydrogens is 350 g/mol. The molecule has 130 valence electrons. The minimum atomic E-state index is -0.908. The molecule has 0 spiro atoms. The Morgan fingerprint density at radius 1 is 1.27 bits per heavy atom. The van der Waals surface area contributed by atoms with Crippen molar-refractivity contribution >= 4 is 17.7 Å². The van der Waals surface area contributed by atoms with Gasteiger partial charge in [0.15, 0.2) is 0 Å². The highest BCUT2D eigenvalue weighted by molar-refractivity contribution is 8.02. The van der Waals surface area contributed by atoms with Crippen LogP contribution in [0.4, 0.5) is 0 Å². The summed E-state index contributed by atoms with van der Waals surface area (Å²) >= 11 is 1.23. The third kappa shape index (κ3) is 3.19. The van der Waals surface area contributed by atoms with Crippen LogP contribution in [0.25, 0.3) is 11.5 Å². The minimum absolute atomic E-state index is 0.300. The average Bonchev–Trinajstić information content (AvgIpc) is 3.09. The van der Waals surface area contributed by atoms with Gasteiger partial charge in [0, 0.05) is 11.0 Å². The van der Waals surface area contributed by atoms with E-state index in [0.717, 1.165) is 5.56 Å². The van der Waals surface area contributed by atoms with Crippen molar-refractivity contribution in [2.45, 2.75) is 19.6 Å². The first kappa shape index (κ1) is 17.7. The van der Waals surface area contributed by atoms with Crippen LogP contribution in [0.1, 0.15) is 19.7 Å². The number of thioether (sulfide) groups is 1. The molecule has 0 bridgehead atoms. The van der Waals surface area contributed by atoms with E-state index in [2.05, 4.69) is 21.6 Å². The fraction of sp³-hybridized carbons (Fsp3) is 0.278. The number of hydrogen-bond donors (Lipinski definition) is 1. The molecule has 3 rings (SSSR count). The van der Waals surface area contributed by atoms with E-state index in [-0.39, 0.29) is 0 Å². The maximum Gasteiger partial charge on any atom is 0.247 e. The highest BCUT2D eigenvalue weighted by Crippen LogP contribution is 2.42. The Hall–Kier alpha value is -3.10. The van der Waals surface area contributed by atoms with E-state index in [4.69, 9.17) is 4.42 Å². The molecule has 0 unspecified atom stereocenters. The zero-order chi connectivity index (χ0) is 18.7. The quantitative estimate of drug-likeness (QED) is 0.885. The van der Waals surface area contributed by atoms with Crippen LogP contribution in [-0.2, 0) is 10.5 Å². The lowest BCUT2D eigenvalue weighted by Crippen LogP contribution is -2.44. The number of nitrogens with zero attached hydrogens (tertiary/aromatic N) is 4. The highest BCUT2D eigenvalue weighted by atomic mass is 32.2. The predicted octanol–water partition coefficient (Wildman–Crippen LogP) is 3.00. The number of nitrogens with one attached hydrogen (secondary N) is 1. The lowest BCUT2D eigenvalue weighted by molar-refractivity contribution is -0.125. The molecule has 1 aliphatic heterocycles. The Bertz CT molecular complexity index is 950. The molecule has 0 radical (unpaired) electrons. The standard InChI is InChI=1S/C18H15N5O2S/c1-18(2)12(8-19)15(24)21-17(13(18)9-20)26-10-14-22-23-16(25-14)11-6-4-3-5-7-11/h3-7,12H,10H2,1-2H3,(H,21,24)/t12-/m1/s1. The molecule has 26 heavy (non-hydrogen) atoms. The van der Waals surface area contributed by atoms with Crippen LogP contribution in [0.15, 0.2) is 45.4 Å². The minimum Gasteiger partial charge on any atom is -0.420 e. The summed E-state index contributed by atoms with van der Waals surface area (Å²) in [6.45, 7) is 3.44. The van der Waals surface area contributed by atoms with Gasteiger partial charge in [-0.25, -0.2) is 0 Å². The van der Waals surface area contributed by atoms with Gasteiger partial charge in [-0.2, -0.15) is 10.5 Å². The summed E-state index contributed by atoms with van der Waals surface area (Å²) in [4.78, 5) is 12.2. The Kier molecular flexibility index (Phi) is 4.79. The normalized spacial score (nSPS) is 18.8. The average molecular weight is 365 g/mol. The second kappa shape index (κ2) is 7.03. The smallest absolute Gasteiger partial charge is 0.247 e. The molecule has 0 fully saturated rings. The highest BCUT2D eigenvalue weighted by Gasteiger charge is 2.44. The van der Waals surface area contributed by atoms with Gasteiger partial charge < -0.3 is 9.73 Å². The number of carbonyl (C=O) groups is 1. The summed E-state index contributed by atoms with van der Waals surface area (Å²) in [5.41, 5.74) is 0.326. The van der Waals surface area contributed by atoms with Gasteiger partial charge in [-0.3, -0.25) is 4.79 Å². The van der Waals surface area contributed by atoms with Crippen molar-refractivity contribution in [1.29, 1.82) is 10.5 Å². The van der Waals surface area contributed by atoms with E-state index in [1.807, 2.05) is 36.4 Å². The molecule has 1 aromatic heterocycles. The lowest BCUT2D eigenvalue weighted by Gasteiger charge is -2.34. The Balaban J connectivity index is 1.80. The third-order valence-corrected chi connectivity index (χ3v) is 5.15. The van der Waals surface area contributed by atoms with Crippen LogP contribution in [0.2, 0.25) is 0 Å². The van der Waals surface area contributed by atoms with Crippen LogP contribution >= 0.6 is 11.8 Å². The van der Waals surface area contributed by atoms with Crippen molar-refractivity contribution in [2.75, 3.05) is 0 Å². The van der Waals surface area contributed by atoms with Crippen molar-refractivity contribution in [2.24, 2.45) is 11.3 Å². The number of carbonyl (C=O) groups excluding carboxylic acids is 1. The summed E-state index contributed by atoms with van der Waals surface area (Å²) in [7, 11) is 0. The monoisotopic (exact) mass is 365 g/mol. The van der Waals surface area contributed by atoms with E-state index < -0.39 is 17.2 Å². The summed E-state index contributed by atoms with van der Waals surface area (Å²) in [6.07, 6.45) is 0. The van der Waals surface area contributed by atoms with Crippen molar-refractivity contribution in [1.82, 2.24) is 15.5 Å². The van der Waals surface area contributed by atoms with Crippen LogP contribution < -0.4 is 5.32 Å². The van der Waals surface area contributed by atoms with Gasteiger partial charge in [0.25, 0.3) is 0 Å². The van der Waals surface area contributed by atoms with E-state index in [0.29, 0.717) is 28.1 Å². The first-order valence-corrected chi connectivity index (χ1v) is 8.82. The molecule has 7 nitrogen and oxygen atoms in total. The maximum atomic E-state index is 12.2. The van der Waals surface area contributed by atoms with Gasteiger partial charge in [0.1, 0.15) is 5.92 Å². The van der Waals surface area contributed by atoms with E-state index in [9.17, 15) is 15.3 Å². The van der Waals surface area contributed by atoms with Crippen molar-refractivity contribution in [3.63, 3.8) is 0 Å². The predicted molar refractivity (Wildman–Crippen MR) is 94.7 cm³/mol. The lowest BCUT2D eigenvalue weighted by atomic mass is 9.72. The molecular formula is C18H15N5O2S. The maximum absolute atomic E-state index is 12.2. The number of nitriles is 2. The summed E-state index contributed by atoms with van der Waals surface area (Å²) < 4.78 is 5.64. The number of hydrogen-bond acceptors (Lipinski definition) is 7. The summed E-state index contributed by atoms with van der Waals surface area (Å²) in [5, 5.41) is 29.8. The fourth-order valence-corrected chi connectivity index (χ4v) is 3.69. The van der Waals surface area contributed by atoms with Gasteiger partial charge in [-0.15, -0.1) is 10.2 Å². The van der Waals surface area contributed by atoms with Gasteiger partial charge in [-0.05, 0) is 12.1 Å². The molecule has 0 saturated heterocycles. The molecule has 2 heterocycles. The first-order chi connectivity index (χ1) is 12.5. The van der Waals surface area contributed by atoms with Crippen molar-refractivity contribution in [3.05, 3.63) is 46.8 Å². The van der Waals surface area contributed by atoms with Crippen LogP contribution in [-0.4, -0.2) is 16.1 Å². The second-order valence-corrected chi connectivity index (χ2v) is 7.23. The van der Waals surface area contributed by atoms with Crippen molar-refractivity contribution in [3.8, 4) is 23.6 Å². The second-order valence-electron chi connectivity index (χ2n) is 6.24. The summed E-state index contributed by atoms with van der Waals surface area (Å²) in [6, 6.07) is 13.5. The topological polar surface area (TPSA) is 116 Å². The third-order valence-electron chi connectivity index (χ3n) is 4.16. The SMILES string of the molecule is CC1(C)C(C#N)=C(SCc2nnc(-c3ccccc3)o2)NC(=O)[C@H]1C#N. The van der Waals surface area contributed by atoms with Crippen LogP contribution in [0, 0.1) is 34.0 Å². The van der Waals surface area contributed by atoms with Gasteiger partial charge >= 0.3 is 0 Å². The van der Waals surface area contributed by atoms with E-state index in [1.165, 1.54) is 11.8 Å². The number of amides is 1. The van der Waals surface area contributed by atoms with Gasteiger partial charge in [0.05, 0.1) is 28.5 Å². The number of rotatable bonds is 4. The zero-order valence-corrected chi connectivity index (χ0v) is 15.0. The number of aromatic nitrogens is 2. The van der Waals surface area contributed by atoms with Gasteiger partial charge in [-0.1, -0.05) is 43.8 Å². The van der Waals surface area contributed by atoms with Crippen molar-refractivity contribution < 1.29 is 9.21 Å². The number of benzene rings is 1. The van der Waals surface area contributed by atoms with Gasteiger partial charge in [0.2, 0.25) is 17.7 Å². The van der Waals surface area contributed by atoms with Crippen LogP contribution in [0.3, 0.4) is 0 Å². The molecule has 0 saturated carbocycles. The fourth-order valence-electron chi connectivity index (χ4n) is 2.68. The molecule has 1 amide bonds. The molecule has 0 aliphatic carbocycles. The van der Waals surface area contributed by atoms with E-state index in [1.54, 1.807) is 13.8 Å². The molecule has 1 aliphatic rings. The van der Waals surface area contributed by atoms with Crippen LogP contribution in [0.5, 0.6) is 0 Å². The molecule has 1 atom stereocenters. The Morgan fingerprint density at radius 3 is 2.65 bits per heavy atom. The first-order valence-electron chi connectivity index (χ1n) is 7.83. The van der Waals surface area contributed by atoms with E-state index >= 15 is 0 Å². The molecule has 8 heteroatoms.